The van der Waals surface area contributed by atoms with Crippen LogP contribution in [0.5, 0.6) is 0 Å². The summed E-state index contributed by atoms with van der Waals surface area (Å²) in [5.74, 6) is 0.219. The third-order valence-corrected chi connectivity index (χ3v) is 4.63. The lowest BCUT2D eigenvalue weighted by molar-refractivity contribution is 0.612. The van der Waals surface area contributed by atoms with Crippen LogP contribution in [0.3, 0.4) is 0 Å². The smallest absolute Gasteiger partial charge is 0.123 e. The number of nitrogens with one attached hydrogen (secondary N) is 1. The van der Waals surface area contributed by atoms with E-state index in [1.54, 1.807) is 12.1 Å². The largest absolute Gasteiger partial charge is 0.312 e. The van der Waals surface area contributed by atoms with Crippen LogP contribution in [0.4, 0.5) is 4.39 Å². The van der Waals surface area contributed by atoms with Crippen LogP contribution >= 0.6 is 0 Å². The number of benzene rings is 2. The van der Waals surface area contributed by atoms with Crippen LogP contribution in [0.1, 0.15) is 35.4 Å². The van der Waals surface area contributed by atoms with Gasteiger partial charge in [-0.3, -0.25) is 0 Å². The summed E-state index contributed by atoms with van der Waals surface area (Å²) < 4.78 is 15.0. The Kier molecular flexibility index (Phi) is 5.29. The van der Waals surface area contributed by atoms with Gasteiger partial charge in [-0.2, -0.15) is 5.10 Å². The van der Waals surface area contributed by atoms with Crippen LogP contribution in [0.15, 0.2) is 54.6 Å². The molecule has 0 spiro atoms. The summed E-state index contributed by atoms with van der Waals surface area (Å²) in [5.41, 5.74) is 5.51. The van der Waals surface area contributed by atoms with Crippen molar-refractivity contribution in [2.45, 2.75) is 33.2 Å². The third kappa shape index (κ3) is 3.97. The molecule has 130 valence electrons. The number of nitrogens with zero attached hydrogens (tertiary/aromatic N) is 2. The van der Waals surface area contributed by atoms with E-state index in [0.717, 1.165) is 30.2 Å². The van der Waals surface area contributed by atoms with Crippen molar-refractivity contribution >= 4 is 0 Å². The fourth-order valence-corrected chi connectivity index (χ4v) is 3.08. The maximum absolute atomic E-state index is 13.1. The second kappa shape index (κ2) is 7.62. The van der Waals surface area contributed by atoms with E-state index in [2.05, 4.69) is 48.5 Å². The van der Waals surface area contributed by atoms with E-state index in [4.69, 9.17) is 0 Å². The Labute approximate surface area is 148 Å². The van der Waals surface area contributed by atoms with Crippen molar-refractivity contribution < 1.29 is 4.39 Å². The highest BCUT2D eigenvalue weighted by Crippen LogP contribution is 2.19. The second-order valence-electron chi connectivity index (χ2n) is 6.48. The first-order valence-corrected chi connectivity index (χ1v) is 8.63. The second-order valence-corrected chi connectivity index (χ2v) is 6.48. The minimum atomic E-state index is -0.234. The number of hydrogen-bond acceptors (Lipinski definition) is 2. The first-order chi connectivity index (χ1) is 12.1. The van der Waals surface area contributed by atoms with Gasteiger partial charge in [-0.05, 0) is 49.6 Å². The van der Waals surface area contributed by atoms with Gasteiger partial charge in [0.25, 0.3) is 0 Å². The third-order valence-electron chi connectivity index (χ3n) is 4.63. The Morgan fingerprint density at radius 2 is 1.72 bits per heavy atom. The number of halogens is 1. The van der Waals surface area contributed by atoms with Crippen molar-refractivity contribution in [3.63, 3.8) is 0 Å². The van der Waals surface area contributed by atoms with Crippen molar-refractivity contribution in [3.8, 4) is 5.69 Å². The molecule has 0 aliphatic carbocycles. The number of hydrogen-bond donors (Lipinski definition) is 1. The summed E-state index contributed by atoms with van der Waals surface area (Å²) in [4.78, 5) is 0. The summed E-state index contributed by atoms with van der Waals surface area (Å²) in [7, 11) is 0. The molecule has 3 rings (SSSR count). The van der Waals surface area contributed by atoms with Crippen LogP contribution < -0.4 is 5.32 Å². The molecule has 1 atom stereocenters. The molecule has 1 unspecified atom stereocenters. The van der Waals surface area contributed by atoms with Crippen molar-refractivity contribution in [1.82, 2.24) is 15.1 Å². The predicted octanol–water partition coefficient (Wildman–Crippen LogP) is 4.52. The molecule has 1 aromatic heterocycles. The summed E-state index contributed by atoms with van der Waals surface area (Å²) in [6, 6.07) is 17.0. The van der Waals surface area contributed by atoms with Gasteiger partial charge in [-0.15, -0.1) is 0 Å². The van der Waals surface area contributed by atoms with Gasteiger partial charge in [-0.1, -0.05) is 37.3 Å². The van der Waals surface area contributed by atoms with Crippen molar-refractivity contribution in [1.29, 1.82) is 0 Å². The van der Waals surface area contributed by atoms with Gasteiger partial charge in [0.05, 0.1) is 11.4 Å². The Hall–Kier alpha value is -2.46. The van der Waals surface area contributed by atoms with E-state index in [-0.39, 0.29) is 5.82 Å². The lowest BCUT2D eigenvalue weighted by Crippen LogP contribution is -2.20. The molecule has 1 N–H and O–H groups in total. The van der Waals surface area contributed by atoms with E-state index in [9.17, 15) is 4.39 Å². The van der Waals surface area contributed by atoms with Gasteiger partial charge in [0.15, 0.2) is 0 Å². The topological polar surface area (TPSA) is 29.9 Å². The van der Waals surface area contributed by atoms with E-state index < -0.39 is 0 Å². The van der Waals surface area contributed by atoms with Crippen LogP contribution in [-0.2, 0) is 6.54 Å². The maximum atomic E-state index is 13.1. The molecule has 2 aromatic carbocycles. The molecule has 0 saturated heterocycles. The summed E-state index contributed by atoms with van der Waals surface area (Å²) >= 11 is 0. The average Bonchev–Trinajstić information content (AvgIpc) is 2.91. The Morgan fingerprint density at radius 3 is 2.40 bits per heavy atom. The SMILES string of the molecule is Cc1nn(-c2ccc(F)cc2)c(C)c1CNCC(C)c1ccccc1. The Morgan fingerprint density at radius 1 is 1.04 bits per heavy atom. The van der Waals surface area contributed by atoms with Crippen molar-refractivity contribution in [3.05, 3.63) is 82.9 Å². The quantitative estimate of drug-likeness (QED) is 0.716. The van der Waals surface area contributed by atoms with Gasteiger partial charge in [-0.25, -0.2) is 9.07 Å². The minimum absolute atomic E-state index is 0.234. The molecular weight excluding hydrogens is 313 g/mol. The zero-order valence-electron chi connectivity index (χ0n) is 15.0. The molecule has 0 fully saturated rings. The molecule has 3 nitrogen and oxygen atoms in total. The molecule has 4 heteroatoms. The highest BCUT2D eigenvalue weighted by atomic mass is 19.1. The minimum Gasteiger partial charge on any atom is -0.312 e. The number of aromatic nitrogens is 2. The molecule has 0 aliphatic heterocycles. The van der Waals surface area contributed by atoms with Crippen LogP contribution in [0.25, 0.3) is 5.69 Å². The van der Waals surface area contributed by atoms with E-state index in [0.29, 0.717) is 5.92 Å². The van der Waals surface area contributed by atoms with Crippen molar-refractivity contribution in [2.24, 2.45) is 0 Å². The van der Waals surface area contributed by atoms with Crippen LogP contribution in [0, 0.1) is 19.7 Å². The summed E-state index contributed by atoms with van der Waals surface area (Å²) in [6.45, 7) is 7.98. The summed E-state index contributed by atoms with van der Waals surface area (Å²) in [6.07, 6.45) is 0. The molecule has 1 heterocycles. The molecule has 0 saturated carbocycles. The first kappa shape index (κ1) is 17.4. The molecule has 0 bridgehead atoms. The highest BCUT2D eigenvalue weighted by molar-refractivity contribution is 5.37. The molecule has 0 amide bonds. The van der Waals surface area contributed by atoms with Crippen molar-refractivity contribution in [2.75, 3.05) is 6.54 Å². The van der Waals surface area contributed by atoms with E-state index in [1.165, 1.54) is 23.3 Å². The maximum Gasteiger partial charge on any atom is 0.123 e. The number of rotatable bonds is 6. The lowest BCUT2D eigenvalue weighted by atomic mass is 10.0. The standard InChI is InChI=1S/C21H24FN3/c1-15(18-7-5-4-6-8-18)13-23-14-21-16(2)24-25(17(21)3)20-11-9-19(22)10-12-20/h4-12,15,23H,13-14H2,1-3H3. The van der Waals surface area contributed by atoms with Gasteiger partial charge in [0.2, 0.25) is 0 Å². The first-order valence-electron chi connectivity index (χ1n) is 8.63. The van der Waals surface area contributed by atoms with Gasteiger partial charge in [0, 0.05) is 24.3 Å². The van der Waals surface area contributed by atoms with Gasteiger partial charge < -0.3 is 5.32 Å². The zero-order chi connectivity index (χ0) is 17.8. The molecule has 25 heavy (non-hydrogen) atoms. The molecule has 3 aromatic rings. The number of aryl methyl sites for hydroxylation is 1. The van der Waals surface area contributed by atoms with E-state index >= 15 is 0 Å². The zero-order valence-corrected chi connectivity index (χ0v) is 15.0. The molecule has 0 radical (unpaired) electrons. The molecular formula is C21H24FN3. The molecule has 0 aliphatic rings. The lowest BCUT2D eigenvalue weighted by Gasteiger charge is -2.13. The van der Waals surface area contributed by atoms with E-state index in [1.807, 2.05) is 17.7 Å². The fourth-order valence-electron chi connectivity index (χ4n) is 3.08. The Balaban J connectivity index is 1.68. The van der Waals surface area contributed by atoms with Crippen LogP contribution in [-0.4, -0.2) is 16.3 Å². The predicted molar refractivity (Wildman–Crippen MR) is 99.6 cm³/mol. The average molecular weight is 337 g/mol. The summed E-state index contributed by atoms with van der Waals surface area (Å²) in [5, 5.41) is 8.16. The van der Waals surface area contributed by atoms with Gasteiger partial charge >= 0.3 is 0 Å². The monoisotopic (exact) mass is 337 g/mol. The highest BCUT2D eigenvalue weighted by Gasteiger charge is 2.13. The Bertz CT molecular complexity index is 822. The van der Waals surface area contributed by atoms with Gasteiger partial charge in [0.1, 0.15) is 5.82 Å². The normalized spacial score (nSPS) is 12.3. The van der Waals surface area contributed by atoms with Crippen LogP contribution in [0.2, 0.25) is 0 Å². The fraction of sp³-hybridized carbons (Fsp3) is 0.286.